The van der Waals surface area contributed by atoms with Crippen LogP contribution >= 0.6 is 0 Å². The Kier molecular flexibility index (Phi) is 3.59. The maximum Gasteiger partial charge on any atom is 0.237 e. The summed E-state index contributed by atoms with van der Waals surface area (Å²) in [7, 11) is 0. The number of hydrogen-bond acceptors (Lipinski definition) is 3. The summed E-state index contributed by atoms with van der Waals surface area (Å²) in [5.41, 5.74) is 1.63. The van der Waals surface area contributed by atoms with Crippen molar-refractivity contribution in [3.8, 4) is 17.7 Å². The highest BCUT2D eigenvalue weighted by Crippen LogP contribution is 2.25. The molecule has 0 aliphatic rings. The van der Waals surface area contributed by atoms with E-state index in [2.05, 4.69) is 31.0 Å². The molecule has 0 aliphatic carbocycles. The Morgan fingerprint density at radius 1 is 1.22 bits per heavy atom. The Morgan fingerprint density at radius 2 is 2.06 bits per heavy atom. The number of nitrogens with zero attached hydrogens (tertiary/aromatic N) is 2. The molecule has 2 aromatic rings. The number of nitriles is 1. The molecule has 1 heterocycles. The van der Waals surface area contributed by atoms with Gasteiger partial charge in [0.2, 0.25) is 5.88 Å². The lowest BCUT2D eigenvalue weighted by molar-refractivity contribution is 0.460. The highest BCUT2D eigenvalue weighted by molar-refractivity contribution is 5.41. The zero-order chi connectivity index (χ0) is 13.0. The van der Waals surface area contributed by atoms with Crippen molar-refractivity contribution >= 4 is 0 Å². The topological polar surface area (TPSA) is 45.9 Å². The SMILES string of the molecule is CC(C)c1cccc(Oc2ncccc2C#N)c1. The van der Waals surface area contributed by atoms with Crippen molar-refractivity contribution in [1.29, 1.82) is 5.26 Å². The average molecular weight is 238 g/mol. The highest BCUT2D eigenvalue weighted by atomic mass is 16.5. The molecule has 0 unspecified atom stereocenters. The molecule has 0 aliphatic heterocycles. The van der Waals surface area contributed by atoms with Crippen molar-refractivity contribution in [2.75, 3.05) is 0 Å². The molecule has 0 amide bonds. The predicted octanol–water partition coefficient (Wildman–Crippen LogP) is 3.87. The molecule has 0 bridgehead atoms. The van der Waals surface area contributed by atoms with Gasteiger partial charge in [-0.2, -0.15) is 5.26 Å². The number of rotatable bonds is 3. The molecule has 3 nitrogen and oxygen atoms in total. The number of pyridine rings is 1. The third-order valence-electron chi connectivity index (χ3n) is 2.63. The molecule has 0 saturated carbocycles. The molecular formula is C15H14N2O. The van der Waals surface area contributed by atoms with Crippen LogP contribution in [0.2, 0.25) is 0 Å². The number of aromatic nitrogens is 1. The lowest BCUT2D eigenvalue weighted by Gasteiger charge is -2.09. The van der Waals surface area contributed by atoms with E-state index in [-0.39, 0.29) is 0 Å². The molecule has 2 rings (SSSR count). The average Bonchev–Trinajstić information content (AvgIpc) is 2.39. The molecule has 0 saturated heterocycles. The van der Waals surface area contributed by atoms with Gasteiger partial charge in [0.15, 0.2) is 0 Å². The van der Waals surface area contributed by atoms with Crippen molar-refractivity contribution in [3.05, 3.63) is 53.7 Å². The predicted molar refractivity (Wildman–Crippen MR) is 69.6 cm³/mol. The van der Waals surface area contributed by atoms with Gasteiger partial charge < -0.3 is 4.74 Å². The number of benzene rings is 1. The van der Waals surface area contributed by atoms with Crippen LogP contribution in [0.1, 0.15) is 30.9 Å². The fourth-order valence-corrected chi connectivity index (χ4v) is 1.61. The Morgan fingerprint density at radius 3 is 2.78 bits per heavy atom. The van der Waals surface area contributed by atoms with E-state index in [1.165, 1.54) is 5.56 Å². The molecule has 3 heteroatoms. The summed E-state index contributed by atoms with van der Waals surface area (Å²) in [6.45, 7) is 4.25. The lowest BCUT2D eigenvalue weighted by Crippen LogP contribution is -1.93. The zero-order valence-corrected chi connectivity index (χ0v) is 10.4. The Hall–Kier alpha value is -2.34. The largest absolute Gasteiger partial charge is 0.438 e. The van der Waals surface area contributed by atoms with Gasteiger partial charge in [-0.15, -0.1) is 0 Å². The van der Waals surface area contributed by atoms with E-state index in [9.17, 15) is 0 Å². The van der Waals surface area contributed by atoms with Gasteiger partial charge in [0.05, 0.1) is 0 Å². The minimum atomic E-state index is 0.348. The summed E-state index contributed by atoms with van der Waals surface area (Å²) in [4.78, 5) is 4.07. The first-order valence-electron chi connectivity index (χ1n) is 5.83. The summed E-state index contributed by atoms with van der Waals surface area (Å²) in [6, 6.07) is 13.3. The van der Waals surface area contributed by atoms with Crippen LogP contribution in [0.4, 0.5) is 0 Å². The van der Waals surface area contributed by atoms with Gasteiger partial charge in [-0.25, -0.2) is 4.98 Å². The van der Waals surface area contributed by atoms with Crippen molar-refractivity contribution in [2.45, 2.75) is 19.8 Å². The van der Waals surface area contributed by atoms with Gasteiger partial charge in [0.25, 0.3) is 0 Å². The quantitative estimate of drug-likeness (QED) is 0.815. The molecule has 18 heavy (non-hydrogen) atoms. The van der Waals surface area contributed by atoms with Gasteiger partial charge >= 0.3 is 0 Å². The highest BCUT2D eigenvalue weighted by Gasteiger charge is 2.06. The summed E-state index contributed by atoms with van der Waals surface area (Å²) in [5, 5.41) is 8.97. The van der Waals surface area contributed by atoms with Gasteiger partial charge in [-0.3, -0.25) is 0 Å². The normalized spacial score (nSPS) is 10.1. The fourth-order valence-electron chi connectivity index (χ4n) is 1.61. The van der Waals surface area contributed by atoms with Gasteiger partial charge in [0, 0.05) is 6.20 Å². The van der Waals surface area contributed by atoms with Crippen LogP contribution in [0, 0.1) is 11.3 Å². The first-order valence-corrected chi connectivity index (χ1v) is 5.83. The molecule has 1 aromatic heterocycles. The first kappa shape index (κ1) is 12.1. The van der Waals surface area contributed by atoms with E-state index < -0.39 is 0 Å². The maximum absolute atomic E-state index is 8.97. The fraction of sp³-hybridized carbons (Fsp3) is 0.200. The van der Waals surface area contributed by atoms with Crippen LogP contribution in [0.5, 0.6) is 11.6 Å². The first-order chi connectivity index (χ1) is 8.70. The molecule has 0 spiro atoms. The standard InChI is InChI=1S/C15H14N2O/c1-11(2)12-5-3-7-14(9-12)18-15-13(10-16)6-4-8-17-15/h3-9,11H,1-2H3. The second kappa shape index (κ2) is 5.33. The van der Waals surface area contributed by atoms with Crippen LogP contribution in [0.25, 0.3) is 0 Å². The van der Waals surface area contributed by atoms with Crippen LogP contribution in [0.15, 0.2) is 42.6 Å². The van der Waals surface area contributed by atoms with Crippen molar-refractivity contribution < 1.29 is 4.74 Å². The smallest absolute Gasteiger partial charge is 0.237 e. The summed E-state index contributed by atoms with van der Waals surface area (Å²) in [5.74, 6) is 1.49. The van der Waals surface area contributed by atoms with E-state index in [1.54, 1.807) is 18.3 Å². The zero-order valence-electron chi connectivity index (χ0n) is 10.4. The van der Waals surface area contributed by atoms with Crippen LogP contribution < -0.4 is 4.74 Å². The molecule has 0 fully saturated rings. The molecule has 0 radical (unpaired) electrons. The maximum atomic E-state index is 8.97. The number of hydrogen-bond donors (Lipinski definition) is 0. The lowest BCUT2D eigenvalue weighted by atomic mass is 10.0. The van der Waals surface area contributed by atoms with E-state index in [4.69, 9.17) is 10.00 Å². The Bertz CT molecular complexity index is 585. The molecule has 1 aromatic carbocycles. The monoisotopic (exact) mass is 238 g/mol. The summed E-state index contributed by atoms with van der Waals surface area (Å²) < 4.78 is 5.66. The summed E-state index contributed by atoms with van der Waals surface area (Å²) >= 11 is 0. The van der Waals surface area contributed by atoms with Gasteiger partial charge in [-0.1, -0.05) is 26.0 Å². The van der Waals surface area contributed by atoms with Crippen molar-refractivity contribution in [3.63, 3.8) is 0 Å². The van der Waals surface area contributed by atoms with Crippen LogP contribution in [-0.4, -0.2) is 4.98 Å². The van der Waals surface area contributed by atoms with E-state index >= 15 is 0 Å². The van der Waals surface area contributed by atoms with Gasteiger partial charge in [0.1, 0.15) is 17.4 Å². The minimum absolute atomic E-state index is 0.348. The van der Waals surface area contributed by atoms with Crippen molar-refractivity contribution in [1.82, 2.24) is 4.98 Å². The molecule has 0 atom stereocenters. The third kappa shape index (κ3) is 2.67. The summed E-state index contributed by atoms with van der Waals surface area (Å²) in [6.07, 6.45) is 1.61. The second-order valence-electron chi connectivity index (χ2n) is 4.30. The Balaban J connectivity index is 2.29. The van der Waals surface area contributed by atoms with Crippen molar-refractivity contribution in [2.24, 2.45) is 0 Å². The van der Waals surface area contributed by atoms with Crippen LogP contribution in [0.3, 0.4) is 0 Å². The number of ether oxygens (including phenoxy) is 1. The minimum Gasteiger partial charge on any atom is -0.438 e. The molecule has 0 N–H and O–H groups in total. The van der Waals surface area contributed by atoms with Crippen LogP contribution in [-0.2, 0) is 0 Å². The third-order valence-corrected chi connectivity index (χ3v) is 2.63. The van der Waals surface area contributed by atoms with E-state index in [1.807, 2.05) is 18.2 Å². The molecular weight excluding hydrogens is 224 g/mol. The Labute approximate surface area is 107 Å². The van der Waals surface area contributed by atoms with E-state index in [0.717, 1.165) is 0 Å². The molecule has 90 valence electrons. The van der Waals surface area contributed by atoms with E-state index in [0.29, 0.717) is 23.1 Å². The second-order valence-corrected chi connectivity index (χ2v) is 4.30. The van der Waals surface area contributed by atoms with Gasteiger partial charge in [-0.05, 0) is 35.7 Å².